The molecule has 2 amide bonds. The number of carbonyl (C=O) groups excluding carboxylic acids is 1. The third kappa shape index (κ3) is 4.61. The van der Waals surface area contributed by atoms with E-state index in [-0.39, 0.29) is 32.0 Å². The zero-order valence-electron chi connectivity index (χ0n) is 12.0. The Morgan fingerprint density at radius 2 is 2.14 bits per heavy atom. The molecule has 4 nitrogen and oxygen atoms in total. The van der Waals surface area contributed by atoms with Crippen molar-refractivity contribution >= 4 is 17.4 Å². The fourth-order valence-electron chi connectivity index (χ4n) is 2.54. The highest BCUT2D eigenvalue weighted by atomic mass is 32.1. The number of likely N-dealkylation sites (tertiary alicyclic amines) is 1. The first-order valence-electron chi connectivity index (χ1n) is 7.18. The molecule has 0 aliphatic carbocycles. The van der Waals surface area contributed by atoms with E-state index in [1.54, 1.807) is 11.3 Å². The van der Waals surface area contributed by atoms with Crippen molar-refractivity contribution in [3.63, 3.8) is 0 Å². The summed E-state index contributed by atoms with van der Waals surface area (Å²) in [5, 5.41) is 14.0. The molecule has 0 saturated carbocycles. The second-order valence-corrected chi connectivity index (χ2v) is 6.40. The summed E-state index contributed by atoms with van der Waals surface area (Å²) in [5.41, 5.74) is 0. The second kappa shape index (κ2) is 7.32. The number of thiophene rings is 1. The van der Waals surface area contributed by atoms with Crippen molar-refractivity contribution in [2.24, 2.45) is 5.92 Å². The van der Waals surface area contributed by atoms with Crippen molar-refractivity contribution in [2.45, 2.75) is 31.5 Å². The quantitative estimate of drug-likeness (QED) is 0.888. The lowest BCUT2D eigenvalue weighted by Gasteiger charge is -2.34. The largest absolute Gasteiger partial charge is 0.414 e. The number of nitrogens with zero attached hydrogens (tertiary/aromatic N) is 1. The lowest BCUT2D eigenvalue weighted by Crippen LogP contribution is -2.48. The molecule has 0 bridgehead atoms. The van der Waals surface area contributed by atoms with Crippen molar-refractivity contribution < 1.29 is 23.1 Å². The van der Waals surface area contributed by atoms with Crippen molar-refractivity contribution in [3.05, 3.63) is 22.4 Å². The monoisotopic (exact) mass is 336 g/mol. The molecule has 124 valence electrons. The number of aliphatic hydroxyl groups excluding tert-OH is 1. The van der Waals surface area contributed by atoms with Gasteiger partial charge in [0, 0.05) is 24.5 Å². The van der Waals surface area contributed by atoms with Gasteiger partial charge in [0.1, 0.15) is 0 Å². The Balaban J connectivity index is 1.70. The maximum absolute atomic E-state index is 12.4. The fourth-order valence-corrected chi connectivity index (χ4v) is 3.25. The maximum atomic E-state index is 12.4. The van der Waals surface area contributed by atoms with E-state index in [0.29, 0.717) is 6.54 Å². The molecule has 2 rings (SSSR count). The fraction of sp³-hybridized carbons (Fsp3) is 0.643. The highest BCUT2D eigenvalue weighted by Crippen LogP contribution is 2.31. The number of amides is 2. The minimum absolute atomic E-state index is 0.166. The molecule has 0 radical (unpaired) electrons. The molecular formula is C14H19F3N2O2S. The van der Waals surface area contributed by atoms with Crippen LogP contribution in [0.25, 0.3) is 0 Å². The first-order valence-corrected chi connectivity index (χ1v) is 8.06. The average molecular weight is 336 g/mol. The average Bonchev–Trinajstić information content (AvgIpc) is 2.99. The molecule has 1 aromatic heterocycles. The van der Waals surface area contributed by atoms with Gasteiger partial charge >= 0.3 is 12.2 Å². The van der Waals surface area contributed by atoms with E-state index in [0.717, 1.165) is 6.42 Å². The van der Waals surface area contributed by atoms with Gasteiger partial charge in [0.15, 0.2) is 6.10 Å². The predicted molar refractivity (Wildman–Crippen MR) is 77.8 cm³/mol. The number of hydrogen-bond acceptors (Lipinski definition) is 3. The van der Waals surface area contributed by atoms with Crippen LogP contribution in [-0.4, -0.2) is 48.0 Å². The van der Waals surface area contributed by atoms with Gasteiger partial charge in [-0.1, -0.05) is 6.07 Å². The Bertz CT molecular complexity index is 471. The van der Waals surface area contributed by atoms with Crippen LogP contribution in [0.15, 0.2) is 17.5 Å². The van der Waals surface area contributed by atoms with Gasteiger partial charge in [0.05, 0.1) is 0 Å². The normalized spacial score (nSPS) is 18.3. The number of rotatable bonds is 4. The van der Waals surface area contributed by atoms with Gasteiger partial charge in [-0.15, -0.1) is 11.3 Å². The Morgan fingerprint density at radius 1 is 1.45 bits per heavy atom. The molecule has 1 aliphatic rings. The van der Waals surface area contributed by atoms with E-state index in [9.17, 15) is 23.1 Å². The van der Waals surface area contributed by atoms with Crippen LogP contribution in [-0.2, 0) is 6.42 Å². The summed E-state index contributed by atoms with van der Waals surface area (Å²) in [6.45, 7) is 0.982. The lowest BCUT2D eigenvalue weighted by molar-refractivity contribution is -0.222. The molecule has 0 aromatic carbocycles. The first-order chi connectivity index (χ1) is 10.4. The molecule has 1 aromatic rings. The molecule has 8 heteroatoms. The topological polar surface area (TPSA) is 52.6 Å². The van der Waals surface area contributed by atoms with Crippen LogP contribution in [0.5, 0.6) is 0 Å². The SMILES string of the molecule is O=C(NCCc1cccs1)N1CCC(C(O)C(F)(F)F)CC1. The maximum Gasteiger partial charge on any atom is 0.414 e. The third-order valence-electron chi connectivity index (χ3n) is 3.84. The van der Waals surface area contributed by atoms with E-state index in [2.05, 4.69) is 5.32 Å². The van der Waals surface area contributed by atoms with E-state index in [4.69, 9.17) is 0 Å². The number of alkyl halides is 3. The Morgan fingerprint density at radius 3 is 2.68 bits per heavy atom. The molecule has 22 heavy (non-hydrogen) atoms. The van der Waals surface area contributed by atoms with Crippen LogP contribution in [0.1, 0.15) is 17.7 Å². The van der Waals surface area contributed by atoms with Crippen LogP contribution >= 0.6 is 11.3 Å². The minimum Gasteiger partial charge on any atom is -0.383 e. The lowest BCUT2D eigenvalue weighted by atomic mass is 9.91. The number of piperidine rings is 1. The van der Waals surface area contributed by atoms with Gasteiger partial charge < -0.3 is 15.3 Å². The molecule has 1 aliphatic heterocycles. The Labute approximate surface area is 130 Å². The highest BCUT2D eigenvalue weighted by molar-refractivity contribution is 7.09. The zero-order valence-corrected chi connectivity index (χ0v) is 12.8. The summed E-state index contributed by atoms with van der Waals surface area (Å²) in [5.74, 6) is -0.824. The Kier molecular flexibility index (Phi) is 5.69. The summed E-state index contributed by atoms with van der Waals surface area (Å²) >= 11 is 1.62. The first kappa shape index (κ1) is 17.1. The van der Waals surface area contributed by atoms with Crippen molar-refractivity contribution in [1.29, 1.82) is 0 Å². The molecule has 2 N–H and O–H groups in total. The van der Waals surface area contributed by atoms with E-state index in [1.807, 2.05) is 17.5 Å². The summed E-state index contributed by atoms with van der Waals surface area (Å²) in [6, 6.07) is 3.68. The number of carbonyl (C=O) groups is 1. The van der Waals surface area contributed by atoms with Gasteiger partial charge in [0.2, 0.25) is 0 Å². The van der Waals surface area contributed by atoms with E-state index >= 15 is 0 Å². The summed E-state index contributed by atoms with van der Waals surface area (Å²) in [4.78, 5) is 14.6. The molecule has 1 fully saturated rings. The van der Waals surface area contributed by atoms with Crippen LogP contribution in [0.2, 0.25) is 0 Å². The molecule has 1 saturated heterocycles. The number of hydrogen-bond donors (Lipinski definition) is 2. The van der Waals surface area contributed by atoms with Crippen LogP contribution in [0.3, 0.4) is 0 Å². The van der Waals surface area contributed by atoms with Gasteiger partial charge in [0.25, 0.3) is 0 Å². The molecule has 2 heterocycles. The number of halogens is 3. The van der Waals surface area contributed by atoms with Crippen molar-refractivity contribution in [2.75, 3.05) is 19.6 Å². The molecular weight excluding hydrogens is 317 g/mol. The molecule has 0 spiro atoms. The van der Waals surface area contributed by atoms with Gasteiger partial charge in [-0.2, -0.15) is 13.2 Å². The molecule has 1 unspecified atom stereocenters. The number of aliphatic hydroxyl groups is 1. The van der Waals surface area contributed by atoms with E-state index in [1.165, 1.54) is 9.78 Å². The van der Waals surface area contributed by atoms with Gasteiger partial charge in [-0.25, -0.2) is 4.79 Å². The number of urea groups is 1. The minimum atomic E-state index is -4.59. The standard InChI is InChI=1S/C14H19F3N2O2S/c15-14(16,17)12(20)10-4-7-19(8-5-10)13(21)18-6-3-11-2-1-9-22-11/h1-2,9-10,12,20H,3-8H2,(H,18,21). The van der Waals surface area contributed by atoms with Gasteiger partial charge in [-0.05, 0) is 36.6 Å². The van der Waals surface area contributed by atoms with Crippen LogP contribution in [0, 0.1) is 5.92 Å². The molecule has 1 atom stereocenters. The van der Waals surface area contributed by atoms with Crippen LogP contribution in [0.4, 0.5) is 18.0 Å². The highest BCUT2D eigenvalue weighted by Gasteiger charge is 2.44. The smallest absolute Gasteiger partial charge is 0.383 e. The van der Waals surface area contributed by atoms with E-state index < -0.39 is 18.2 Å². The summed E-state index contributed by atoms with van der Waals surface area (Å²) in [6.07, 6.45) is -5.81. The zero-order chi connectivity index (χ0) is 16.2. The number of nitrogens with one attached hydrogen (secondary N) is 1. The van der Waals surface area contributed by atoms with Crippen molar-refractivity contribution in [1.82, 2.24) is 10.2 Å². The van der Waals surface area contributed by atoms with Crippen LogP contribution < -0.4 is 5.32 Å². The van der Waals surface area contributed by atoms with Crippen molar-refractivity contribution in [3.8, 4) is 0 Å². The summed E-state index contributed by atoms with van der Waals surface area (Å²) in [7, 11) is 0. The summed E-state index contributed by atoms with van der Waals surface area (Å²) < 4.78 is 37.3. The second-order valence-electron chi connectivity index (χ2n) is 5.37. The predicted octanol–water partition coefficient (Wildman–Crippen LogP) is 2.64. The van der Waals surface area contributed by atoms with Gasteiger partial charge in [-0.3, -0.25) is 0 Å². The third-order valence-corrected chi connectivity index (χ3v) is 4.77. The Hall–Kier alpha value is -1.28.